The quantitative estimate of drug-likeness (QED) is 0.0338. The Kier molecular flexibility index (Phi) is 15.5. The molecule has 278 valence electrons. The monoisotopic (exact) mass is 717 g/mol. The fraction of sp³-hybridized carbons (Fsp3) is 0.548. The van der Waals surface area contributed by atoms with Crippen molar-refractivity contribution in [3.63, 3.8) is 0 Å². The van der Waals surface area contributed by atoms with Gasteiger partial charge in [-0.15, -0.1) is 0 Å². The molecule has 0 aliphatic heterocycles. The van der Waals surface area contributed by atoms with E-state index in [2.05, 4.69) is 58.5 Å². The summed E-state index contributed by atoms with van der Waals surface area (Å²) in [4.78, 5) is 32.5. The number of carbonyl (C=O) groups excluding carboxylic acids is 1. The van der Waals surface area contributed by atoms with Crippen LogP contribution in [0.1, 0.15) is 131 Å². The number of fused-ring (bicyclic) bond motifs is 3. The molecule has 5 N–H and O–H groups in total. The highest BCUT2D eigenvalue weighted by Gasteiger charge is 2.25. The average molecular weight is 718 g/mol. The normalized spacial score (nSPS) is 15.9. The Morgan fingerprint density at radius 2 is 1.39 bits per heavy atom. The SMILES string of the molecule is NNC(=O)c1ccc(OCCP(=O)(O)O)c2c1c1cccc(CCCCCCc3ccccc3)c1n2CC1CCCCCCCCCCCCC1. The largest absolute Gasteiger partial charge is 0.491 e. The highest BCUT2D eigenvalue weighted by atomic mass is 31.2. The predicted molar refractivity (Wildman–Crippen MR) is 209 cm³/mol. The van der Waals surface area contributed by atoms with Crippen molar-refractivity contribution < 1.29 is 23.9 Å². The molecule has 1 aliphatic rings. The third kappa shape index (κ3) is 11.7. The maximum absolute atomic E-state index is 13.3. The first kappa shape index (κ1) is 39.1. The summed E-state index contributed by atoms with van der Waals surface area (Å²) in [6.07, 6.45) is 22.8. The number of hydrogen-bond donors (Lipinski definition) is 4. The van der Waals surface area contributed by atoms with E-state index in [0.717, 1.165) is 66.9 Å². The van der Waals surface area contributed by atoms with E-state index < -0.39 is 7.60 Å². The number of ether oxygens (including phenoxy) is 1. The number of rotatable bonds is 14. The van der Waals surface area contributed by atoms with Gasteiger partial charge in [-0.2, -0.15) is 0 Å². The second-order valence-electron chi connectivity index (χ2n) is 14.7. The zero-order chi connectivity index (χ0) is 35.9. The molecule has 4 aromatic rings. The number of hydrazine groups is 1. The number of hydrogen-bond acceptors (Lipinski definition) is 4. The molecule has 1 fully saturated rings. The molecule has 1 amide bonds. The van der Waals surface area contributed by atoms with Crippen molar-refractivity contribution in [2.24, 2.45) is 11.8 Å². The molecule has 51 heavy (non-hydrogen) atoms. The molecule has 5 rings (SSSR count). The van der Waals surface area contributed by atoms with Crippen molar-refractivity contribution in [3.8, 4) is 5.75 Å². The molecular weight excluding hydrogens is 657 g/mol. The Balaban J connectivity index is 1.50. The van der Waals surface area contributed by atoms with Crippen molar-refractivity contribution in [2.75, 3.05) is 12.8 Å². The molecule has 1 aromatic heterocycles. The van der Waals surface area contributed by atoms with Crippen molar-refractivity contribution in [1.82, 2.24) is 9.99 Å². The summed E-state index contributed by atoms with van der Waals surface area (Å²) in [5, 5.41) is 1.78. The van der Waals surface area contributed by atoms with Crippen molar-refractivity contribution in [2.45, 2.75) is 129 Å². The Morgan fingerprint density at radius 3 is 2.02 bits per heavy atom. The lowest BCUT2D eigenvalue weighted by Crippen LogP contribution is -2.30. The molecule has 0 unspecified atom stereocenters. The molecule has 9 heteroatoms. The lowest BCUT2D eigenvalue weighted by Gasteiger charge is -2.22. The molecule has 0 spiro atoms. The maximum atomic E-state index is 13.3. The number of nitrogen functional groups attached to an aromatic ring is 1. The minimum Gasteiger partial charge on any atom is -0.491 e. The van der Waals surface area contributed by atoms with E-state index >= 15 is 0 Å². The minimum absolute atomic E-state index is 0.122. The zero-order valence-corrected chi connectivity index (χ0v) is 31.4. The van der Waals surface area contributed by atoms with Gasteiger partial charge in [-0.05, 0) is 67.7 Å². The Morgan fingerprint density at radius 1 is 0.765 bits per heavy atom. The van der Waals surface area contributed by atoms with Crippen LogP contribution in [0.3, 0.4) is 0 Å². The minimum atomic E-state index is -4.25. The summed E-state index contributed by atoms with van der Waals surface area (Å²) in [6, 6.07) is 20.6. The van der Waals surface area contributed by atoms with Crippen LogP contribution in [-0.4, -0.2) is 33.0 Å². The van der Waals surface area contributed by atoms with Gasteiger partial charge in [0.05, 0.1) is 29.4 Å². The zero-order valence-electron chi connectivity index (χ0n) is 30.5. The van der Waals surface area contributed by atoms with Crippen LogP contribution in [0.25, 0.3) is 21.8 Å². The number of carbonyl (C=O) groups is 1. The van der Waals surface area contributed by atoms with E-state index in [0.29, 0.717) is 17.2 Å². The number of nitrogens with one attached hydrogen (secondary N) is 1. The van der Waals surface area contributed by atoms with E-state index in [4.69, 9.17) is 10.6 Å². The molecular formula is C42H60N3O5P. The molecule has 0 atom stereocenters. The fourth-order valence-corrected chi connectivity index (χ4v) is 8.39. The van der Waals surface area contributed by atoms with Gasteiger partial charge in [0.1, 0.15) is 5.75 Å². The van der Waals surface area contributed by atoms with Gasteiger partial charge < -0.3 is 19.1 Å². The number of nitrogens with zero attached hydrogens (tertiary/aromatic N) is 1. The number of unbranched alkanes of at least 4 members (excludes halogenated alkanes) is 3. The van der Waals surface area contributed by atoms with Crippen LogP contribution >= 0.6 is 7.60 Å². The number of aryl methyl sites for hydroxylation is 2. The molecule has 1 heterocycles. The Labute approximate surface area is 304 Å². The predicted octanol–water partition coefficient (Wildman–Crippen LogP) is 10.0. The molecule has 8 nitrogen and oxygen atoms in total. The molecule has 0 saturated heterocycles. The van der Waals surface area contributed by atoms with Crippen molar-refractivity contribution in [1.29, 1.82) is 0 Å². The van der Waals surface area contributed by atoms with Crippen molar-refractivity contribution in [3.05, 3.63) is 77.4 Å². The summed E-state index contributed by atoms with van der Waals surface area (Å²) in [5.41, 5.74) is 7.41. The smallest absolute Gasteiger partial charge is 0.328 e. The third-order valence-corrected chi connectivity index (χ3v) is 11.5. The van der Waals surface area contributed by atoms with E-state index in [1.807, 2.05) is 0 Å². The van der Waals surface area contributed by atoms with Gasteiger partial charge >= 0.3 is 7.60 Å². The molecule has 3 aromatic carbocycles. The second-order valence-corrected chi connectivity index (χ2v) is 16.5. The molecule has 0 radical (unpaired) electrons. The standard InChI is InChI=1S/C42H60N3O5P/c43-44-42(46)37-28-29-38(50-30-31-51(47,48)49)41-39(37)36-27-19-26-35(25-18-11-10-13-20-33-21-16-12-17-22-33)40(36)45(41)32-34-23-14-8-6-4-2-1-3-5-7-9-15-24-34/h12,16-17,19,21-22,26-29,34H,1-11,13-15,18,20,23-25,30-32,43H2,(H,44,46)(H2,47,48,49). The maximum Gasteiger partial charge on any atom is 0.328 e. The fourth-order valence-electron chi connectivity index (χ4n) is 8.06. The van der Waals surface area contributed by atoms with Gasteiger partial charge in [-0.25, -0.2) is 5.84 Å². The number of nitrogens with two attached hydrogens (primary N) is 1. The van der Waals surface area contributed by atoms with Gasteiger partial charge in [-0.3, -0.25) is 14.8 Å². The lowest BCUT2D eigenvalue weighted by molar-refractivity contribution is 0.0955. The summed E-state index contributed by atoms with van der Waals surface area (Å²) in [5.74, 6) is 6.35. The first-order valence-electron chi connectivity index (χ1n) is 19.6. The van der Waals surface area contributed by atoms with Gasteiger partial charge in [0.2, 0.25) is 0 Å². The molecule has 1 aliphatic carbocycles. The van der Waals surface area contributed by atoms with Crippen LogP contribution in [0.2, 0.25) is 0 Å². The Bertz CT molecular complexity index is 1700. The topological polar surface area (TPSA) is 127 Å². The Hall–Kier alpha value is -3.16. The van der Waals surface area contributed by atoms with Gasteiger partial charge in [0.25, 0.3) is 5.91 Å². The highest BCUT2D eigenvalue weighted by Crippen LogP contribution is 2.41. The van der Waals surface area contributed by atoms with E-state index in [-0.39, 0.29) is 18.7 Å². The average Bonchev–Trinajstić information content (AvgIpc) is 3.46. The van der Waals surface area contributed by atoms with Crippen LogP contribution in [0.5, 0.6) is 5.75 Å². The summed E-state index contributed by atoms with van der Waals surface area (Å²) < 4.78 is 20.3. The van der Waals surface area contributed by atoms with Gasteiger partial charge in [0, 0.05) is 17.3 Å². The molecule has 0 bridgehead atoms. The van der Waals surface area contributed by atoms with Crippen molar-refractivity contribution >= 4 is 35.3 Å². The first-order chi connectivity index (χ1) is 24.9. The van der Waals surface area contributed by atoms with Gasteiger partial charge in [-0.1, -0.05) is 132 Å². The van der Waals surface area contributed by atoms with Gasteiger partial charge in [0.15, 0.2) is 0 Å². The molecule has 1 saturated carbocycles. The number of aromatic nitrogens is 1. The number of benzene rings is 3. The van der Waals surface area contributed by atoms with Crippen LogP contribution < -0.4 is 16.0 Å². The van der Waals surface area contributed by atoms with E-state index in [1.54, 1.807) is 12.1 Å². The van der Waals surface area contributed by atoms with Crippen LogP contribution in [0.15, 0.2) is 60.7 Å². The summed E-state index contributed by atoms with van der Waals surface area (Å²) >= 11 is 0. The van der Waals surface area contributed by atoms with Crippen LogP contribution in [0, 0.1) is 5.92 Å². The second kappa shape index (κ2) is 20.2. The third-order valence-electron chi connectivity index (χ3n) is 10.8. The summed E-state index contributed by atoms with van der Waals surface area (Å²) in [6.45, 7) is 0.680. The lowest BCUT2D eigenvalue weighted by atomic mass is 9.93. The summed E-state index contributed by atoms with van der Waals surface area (Å²) in [7, 11) is -4.25. The van der Waals surface area contributed by atoms with Crippen LogP contribution in [-0.2, 0) is 24.0 Å². The first-order valence-corrected chi connectivity index (χ1v) is 21.4. The van der Waals surface area contributed by atoms with E-state index in [9.17, 15) is 19.1 Å². The number of amides is 1. The number of para-hydroxylation sites is 1. The van der Waals surface area contributed by atoms with Crippen LogP contribution in [0.4, 0.5) is 0 Å². The van der Waals surface area contributed by atoms with E-state index in [1.165, 1.54) is 94.6 Å². The highest BCUT2D eigenvalue weighted by molar-refractivity contribution is 7.51.